The van der Waals surface area contributed by atoms with E-state index >= 15 is 0 Å². The molecule has 0 N–H and O–H groups in total. The number of carbonyl (C=O) groups excluding carboxylic acids is 1. The molecule has 1 saturated heterocycles. The number of hydrogen-bond acceptors (Lipinski definition) is 5. The first-order valence-electron chi connectivity index (χ1n) is 8.18. The minimum absolute atomic E-state index is 0.0397. The van der Waals surface area contributed by atoms with Crippen LogP contribution in [0.4, 0.5) is 5.69 Å². The smallest absolute Gasteiger partial charge is 0.272 e. The Hall–Kier alpha value is -2.74. The summed E-state index contributed by atoms with van der Waals surface area (Å²) in [6, 6.07) is 4.54. The van der Waals surface area contributed by atoms with Gasteiger partial charge < -0.3 is 4.90 Å². The summed E-state index contributed by atoms with van der Waals surface area (Å²) in [5, 5.41) is 15.1. The summed E-state index contributed by atoms with van der Waals surface area (Å²) < 4.78 is 1.78. The second-order valence-corrected chi connectivity index (χ2v) is 6.35. The zero-order valence-corrected chi connectivity index (χ0v) is 14.4. The molecule has 1 amide bonds. The Morgan fingerprint density at radius 1 is 1.28 bits per heavy atom. The van der Waals surface area contributed by atoms with Crippen LogP contribution in [-0.2, 0) is 13.6 Å². The second kappa shape index (κ2) is 7.02. The van der Waals surface area contributed by atoms with Crippen molar-refractivity contribution in [3.05, 3.63) is 57.4 Å². The summed E-state index contributed by atoms with van der Waals surface area (Å²) in [7, 11) is 1.90. The summed E-state index contributed by atoms with van der Waals surface area (Å²) in [4.78, 5) is 27.2. The molecule has 2 heterocycles. The van der Waals surface area contributed by atoms with Crippen LogP contribution in [0.2, 0.25) is 0 Å². The van der Waals surface area contributed by atoms with Gasteiger partial charge in [-0.2, -0.15) is 5.10 Å². The van der Waals surface area contributed by atoms with Gasteiger partial charge in [0.2, 0.25) is 0 Å². The molecule has 8 nitrogen and oxygen atoms in total. The SMILES string of the molecule is Cc1cc(C(=O)N2CCN(Cc3cnn(C)c3)CC2)ccc1[N+](=O)[O-]. The van der Waals surface area contributed by atoms with Gasteiger partial charge in [0.05, 0.1) is 11.1 Å². The van der Waals surface area contributed by atoms with E-state index in [2.05, 4.69) is 10.00 Å². The number of nitrogens with zero attached hydrogens (tertiary/aromatic N) is 5. The number of amides is 1. The van der Waals surface area contributed by atoms with Gasteiger partial charge >= 0.3 is 0 Å². The number of benzene rings is 1. The molecule has 0 atom stereocenters. The van der Waals surface area contributed by atoms with Crippen molar-refractivity contribution in [3.8, 4) is 0 Å². The standard InChI is InChI=1S/C17H21N5O3/c1-13-9-15(3-4-16(13)22(24)25)17(23)21-7-5-20(6-8-21)12-14-10-18-19(2)11-14/h3-4,9-11H,5-8,12H2,1-2H3. The van der Waals surface area contributed by atoms with Crippen molar-refractivity contribution >= 4 is 11.6 Å². The van der Waals surface area contributed by atoms with Crippen molar-refractivity contribution in [1.82, 2.24) is 19.6 Å². The minimum atomic E-state index is -0.430. The molecule has 1 fully saturated rings. The monoisotopic (exact) mass is 343 g/mol. The fourth-order valence-corrected chi connectivity index (χ4v) is 3.10. The summed E-state index contributed by atoms with van der Waals surface area (Å²) in [6.45, 7) is 5.37. The van der Waals surface area contributed by atoms with Gasteiger partial charge in [0.25, 0.3) is 11.6 Å². The van der Waals surface area contributed by atoms with Crippen molar-refractivity contribution < 1.29 is 9.72 Å². The van der Waals surface area contributed by atoms with E-state index in [1.54, 1.807) is 22.6 Å². The van der Waals surface area contributed by atoms with Crippen LogP contribution < -0.4 is 0 Å². The number of nitro groups is 1. The topological polar surface area (TPSA) is 84.5 Å². The van der Waals surface area contributed by atoms with E-state index in [1.807, 2.05) is 19.4 Å². The zero-order valence-electron chi connectivity index (χ0n) is 14.4. The Morgan fingerprint density at radius 3 is 2.56 bits per heavy atom. The molecule has 1 aliphatic rings. The Kier molecular flexibility index (Phi) is 4.80. The summed E-state index contributed by atoms with van der Waals surface area (Å²) in [6.07, 6.45) is 3.86. The number of hydrogen-bond donors (Lipinski definition) is 0. The third-order valence-electron chi connectivity index (χ3n) is 4.46. The van der Waals surface area contributed by atoms with E-state index in [1.165, 1.54) is 12.1 Å². The number of rotatable bonds is 4. The number of piperazine rings is 1. The molecule has 0 aliphatic carbocycles. The lowest BCUT2D eigenvalue weighted by Crippen LogP contribution is -2.48. The maximum absolute atomic E-state index is 12.6. The average Bonchev–Trinajstić information content (AvgIpc) is 2.99. The molecule has 1 aliphatic heterocycles. The van der Waals surface area contributed by atoms with Gasteiger partial charge in [-0.15, -0.1) is 0 Å². The van der Waals surface area contributed by atoms with E-state index in [0.717, 1.165) is 25.2 Å². The highest BCUT2D eigenvalue weighted by Crippen LogP contribution is 2.20. The van der Waals surface area contributed by atoms with Crippen LogP contribution in [0.3, 0.4) is 0 Å². The lowest BCUT2D eigenvalue weighted by atomic mass is 10.1. The van der Waals surface area contributed by atoms with Crippen molar-refractivity contribution in [2.75, 3.05) is 26.2 Å². The maximum atomic E-state index is 12.6. The zero-order chi connectivity index (χ0) is 18.0. The first kappa shape index (κ1) is 17.1. The molecule has 132 valence electrons. The maximum Gasteiger partial charge on any atom is 0.272 e. The van der Waals surface area contributed by atoms with Crippen LogP contribution in [0, 0.1) is 17.0 Å². The highest BCUT2D eigenvalue weighted by Gasteiger charge is 2.23. The molecule has 25 heavy (non-hydrogen) atoms. The van der Waals surface area contributed by atoms with Crippen LogP contribution in [0.25, 0.3) is 0 Å². The minimum Gasteiger partial charge on any atom is -0.336 e. The molecule has 3 rings (SSSR count). The molecule has 1 aromatic heterocycles. The lowest BCUT2D eigenvalue weighted by molar-refractivity contribution is -0.385. The van der Waals surface area contributed by atoms with Crippen LogP contribution in [0.15, 0.2) is 30.6 Å². The quantitative estimate of drug-likeness (QED) is 0.622. The van der Waals surface area contributed by atoms with Gasteiger partial charge in [0, 0.05) is 68.7 Å². The van der Waals surface area contributed by atoms with Crippen molar-refractivity contribution in [3.63, 3.8) is 0 Å². The van der Waals surface area contributed by atoms with Gasteiger partial charge in [-0.3, -0.25) is 24.5 Å². The average molecular weight is 343 g/mol. The van der Waals surface area contributed by atoms with Gasteiger partial charge in [0.1, 0.15) is 0 Å². The molecule has 1 aromatic carbocycles. The third kappa shape index (κ3) is 3.85. The second-order valence-electron chi connectivity index (χ2n) is 6.35. The molecule has 2 aromatic rings. The Morgan fingerprint density at radius 2 is 2.00 bits per heavy atom. The molecule has 0 spiro atoms. The first-order chi connectivity index (χ1) is 11.9. The van der Waals surface area contributed by atoms with Crippen molar-refractivity contribution in [2.24, 2.45) is 7.05 Å². The summed E-state index contributed by atoms with van der Waals surface area (Å²) in [5.41, 5.74) is 2.21. The number of nitro benzene ring substituents is 1. The highest BCUT2D eigenvalue weighted by atomic mass is 16.6. The first-order valence-corrected chi connectivity index (χ1v) is 8.18. The lowest BCUT2D eigenvalue weighted by Gasteiger charge is -2.34. The van der Waals surface area contributed by atoms with Crippen LogP contribution in [-0.4, -0.2) is 56.6 Å². The fraction of sp³-hybridized carbons (Fsp3) is 0.412. The highest BCUT2D eigenvalue weighted by molar-refractivity contribution is 5.94. The Labute approximate surface area is 145 Å². The van der Waals surface area contributed by atoms with E-state index in [9.17, 15) is 14.9 Å². The van der Waals surface area contributed by atoms with Crippen molar-refractivity contribution in [2.45, 2.75) is 13.5 Å². The molecule has 0 bridgehead atoms. The van der Waals surface area contributed by atoms with E-state index in [-0.39, 0.29) is 11.6 Å². The van der Waals surface area contributed by atoms with E-state index in [4.69, 9.17) is 0 Å². The summed E-state index contributed by atoms with van der Waals surface area (Å²) >= 11 is 0. The number of aromatic nitrogens is 2. The number of aryl methyl sites for hydroxylation is 2. The van der Waals surface area contributed by atoms with E-state index < -0.39 is 4.92 Å². The largest absolute Gasteiger partial charge is 0.336 e. The van der Waals surface area contributed by atoms with Crippen molar-refractivity contribution in [1.29, 1.82) is 0 Å². The molecule has 0 unspecified atom stereocenters. The fourth-order valence-electron chi connectivity index (χ4n) is 3.10. The van der Waals surface area contributed by atoms with Gasteiger partial charge in [-0.25, -0.2) is 0 Å². The molecular formula is C17H21N5O3. The number of carbonyl (C=O) groups is 1. The van der Waals surface area contributed by atoms with E-state index in [0.29, 0.717) is 24.2 Å². The summed E-state index contributed by atoms with van der Waals surface area (Å²) in [5.74, 6) is -0.0703. The van der Waals surface area contributed by atoms with Gasteiger partial charge in [0.15, 0.2) is 0 Å². The Balaban J connectivity index is 1.59. The molecule has 0 saturated carbocycles. The van der Waals surface area contributed by atoms with Crippen LogP contribution in [0.1, 0.15) is 21.5 Å². The molecular weight excluding hydrogens is 322 g/mol. The van der Waals surface area contributed by atoms with Gasteiger partial charge in [-0.05, 0) is 19.1 Å². The normalized spacial score (nSPS) is 15.4. The predicted octanol–water partition coefficient (Wildman–Crippen LogP) is 1.59. The van der Waals surface area contributed by atoms with Crippen LogP contribution >= 0.6 is 0 Å². The van der Waals surface area contributed by atoms with Gasteiger partial charge in [-0.1, -0.05) is 0 Å². The molecule has 0 radical (unpaired) electrons. The molecule has 8 heteroatoms. The predicted molar refractivity (Wildman–Crippen MR) is 92.2 cm³/mol. The Bertz CT molecular complexity index is 793. The third-order valence-corrected chi connectivity index (χ3v) is 4.46. The van der Waals surface area contributed by atoms with Crippen LogP contribution in [0.5, 0.6) is 0 Å².